The highest BCUT2D eigenvalue weighted by atomic mass is 19.4. The number of amides is 1. The molecule has 0 saturated carbocycles. The Morgan fingerprint density at radius 3 is 2.00 bits per heavy atom. The van der Waals surface area contributed by atoms with Crippen LogP contribution in [0.4, 0.5) is 18.0 Å². The molecule has 0 spiro atoms. The fourth-order valence-corrected chi connectivity index (χ4v) is 3.81. The number of carbonyl (C=O) groups excluding carboxylic acids is 2. The number of carbonyl (C=O) groups is 2. The zero-order valence-corrected chi connectivity index (χ0v) is 18.8. The van der Waals surface area contributed by atoms with Crippen LogP contribution >= 0.6 is 0 Å². The molecule has 0 radical (unpaired) electrons. The highest BCUT2D eigenvalue weighted by Gasteiger charge is 2.44. The lowest BCUT2D eigenvalue weighted by molar-refractivity contribution is -0.138. The van der Waals surface area contributed by atoms with Crippen molar-refractivity contribution in [1.82, 2.24) is 10.2 Å². The summed E-state index contributed by atoms with van der Waals surface area (Å²) in [5.74, 6) is -1.13. The maximum Gasteiger partial charge on any atom is 0.431 e. The van der Waals surface area contributed by atoms with Gasteiger partial charge in [0.25, 0.3) is 0 Å². The smallest absolute Gasteiger partial charge is 0.431 e. The molecule has 1 fully saturated rings. The van der Waals surface area contributed by atoms with Gasteiger partial charge in [0.1, 0.15) is 11.3 Å². The number of hydrogen-bond donors (Lipinski definition) is 1. The number of esters is 1. The van der Waals surface area contributed by atoms with Gasteiger partial charge in [0.2, 0.25) is 0 Å². The number of hydrogen-bond acceptors (Lipinski definition) is 5. The third-order valence-corrected chi connectivity index (χ3v) is 5.43. The third kappa shape index (κ3) is 7.40. The van der Waals surface area contributed by atoms with E-state index < -0.39 is 35.1 Å². The number of nitrogens with zero attached hydrogens (tertiary/aromatic N) is 1. The lowest BCUT2D eigenvalue weighted by atomic mass is 9.74. The van der Waals surface area contributed by atoms with Crippen LogP contribution in [0.2, 0.25) is 0 Å². The average Bonchev–Trinajstić information content (AvgIpc) is 2.63. The highest BCUT2D eigenvalue weighted by molar-refractivity contribution is 5.82. The SMILES string of the molecule is CCOC(=O)/C=C(/NC(CC)(CC)C1CCN(C(=O)OC(C)(C)C)CC1)C(F)(F)F. The van der Waals surface area contributed by atoms with Gasteiger partial charge in [-0.2, -0.15) is 13.2 Å². The first kappa shape index (κ1) is 26.1. The standard InChI is InChI=1S/C21H35F3N2O4/c1-7-20(8-2,25-16(21(22,23)24)14-17(27)29-9-3)15-10-12-26(13-11-15)18(28)30-19(4,5)6/h14-15,25H,7-13H2,1-6H3/b16-14+. The Morgan fingerprint density at radius 2 is 1.60 bits per heavy atom. The first-order chi connectivity index (χ1) is 13.8. The number of piperidine rings is 1. The summed E-state index contributed by atoms with van der Waals surface area (Å²) in [5.41, 5.74) is -2.56. The van der Waals surface area contributed by atoms with E-state index in [1.807, 2.05) is 13.8 Å². The van der Waals surface area contributed by atoms with Crippen LogP contribution in [0.5, 0.6) is 0 Å². The van der Waals surface area contributed by atoms with E-state index in [4.69, 9.17) is 4.74 Å². The Labute approximate surface area is 177 Å². The zero-order valence-electron chi connectivity index (χ0n) is 18.8. The molecule has 30 heavy (non-hydrogen) atoms. The molecule has 1 rings (SSSR count). The van der Waals surface area contributed by atoms with Crippen LogP contribution in [0.3, 0.4) is 0 Å². The molecule has 6 nitrogen and oxygen atoms in total. The lowest BCUT2D eigenvalue weighted by Crippen LogP contribution is -2.55. The molecule has 1 aliphatic heterocycles. The molecule has 0 aromatic carbocycles. The topological polar surface area (TPSA) is 67.9 Å². The normalized spacial score (nSPS) is 17.0. The van der Waals surface area contributed by atoms with Gasteiger partial charge in [-0.15, -0.1) is 0 Å². The Bertz CT molecular complexity index is 615. The summed E-state index contributed by atoms with van der Waals surface area (Å²) in [5, 5.41) is 2.65. The Balaban J connectivity index is 2.99. The summed E-state index contributed by atoms with van der Waals surface area (Å²) in [4.78, 5) is 25.5. The summed E-state index contributed by atoms with van der Waals surface area (Å²) in [6.45, 7) is 11.4. The zero-order chi connectivity index (χ0) is 23.2. The quantitative estimate of drug-likeness (QED) is 0.459. The van der Waals surface area contributed by atoms with E-state index >= 15 is 0 Å². The van der Waals surface area contributed by atoms with Crippen molar-refractivity contribution in [3.8, 4) is 0 Å². The van der Waals surface area contributed by atoms with Crippen LogP contribution in [0.1, 0.15) is 67.2 Å². The van der Waals surface area contributed by atoms with Crippen LogP contribution in [-0.4, -0.2) is 54.0 Å². The van der Waals surface area contributed by atoms with Crippen molar-refractivity contribution in [2.24, 2.45) is 5.92 Å². The average molecular weight is 437 g/mol. The first-order valence-corrected chi connectivity index (χ1v) is 10.5. The van der Waals surface area contributed by atoms with Crippen LogP contribution in [0, 0.1) is 5.92 Å². The fraction of sp³-hybridized carbons (Fsp3) is 0.810. The minimum atomic E-state index is -4.71. The molecule has 1 aliphatic rings. The van der Waals surface area contributed by atoms with Gasteiger partial charge in [-0.3, -0.25) is 0 Å². The summed E-state index contributed by atoms with van der Waals surface area (Å²) in [7, 11) is 0. The maximum absolute atomic E-state index is 13.6. The Morgan fingerprint density at radius 1 is 1.07 bits per heavy atom. The predicted octanol–water partition coefficient (Wildman–Crippen LogP) is 4.79. The van der Waals surface area contributed by atoms with E-state index in [9.17, 15) is 22.8 Å². The molecular formula is C21H35F3N2O4. The summed E-state index contributed by atoms with van der Waals surface area (Å²) >= 11 is 0. The van der Waals surface area contributed by atoms with Crippen LogP contribution in [-0.2, 0) is 14.3 Å². The molecule has 0 aliphatic carbocycles. The van der Waals surface area contributed by atoms with Crippen molar-refractivity contribution in [3.63, 3.8) is 0 Å². The largest absolute Gasteiger partial charge is 0.463 e. The van der Waals surface area contributed by atoms with Crippen molar-refractivity contribution in [2.75, 3.05) is 19.7 Å². The van der Waals surface area contributed by atoms with Gasteiger partial charge in [0.15, 0.2) is 0 Å². The monoisotopic (exact) mass is 436 g/mol. The number of rotatable bonds is 7. The number of halogens is 3. The summed E-state index contributed by atoms with van der Waals surface area (Å²) < 4.78 is 50.9. The van der Waals surface area contributed by atoms with E-state index in [0.29, 0.717) is 44.8 Å². The van der Waals surface area contributed by atoms with Crippen molar-refractivity contribution in [1.29, 1.82) is 0 Å². The van der Waals surface area contributed by atoms with Crippen LogP contribution in [0.15, 0.2) is 11.8 Å². The highest BCUT2D eigenvalue weighted by Crippen LogP contribution is 2.37. The van der Waals surface area contributed by atoms with Gasteiger partial charge in [-0.05, 0) is 59.3 Å². The molecule has 9 heteroatoms. The van der Waals surface area contributed by atoms with Crippen molar-refractivity contribution >= 4 is 12.1 Å². The number of allylic oxidation sites excluding steroid dienone is 1. The molecule has 1 saturated heterocycles. The number of likely N-dealkylation sites (tertiary alicyclic amines) is 1. The molecule has 0 aromatic rings. The number of nitrogens with one attached hydrogen (secondary N) is 1. The molecule has 0 bridgehead atoms. The van der Waals surface area contributed by atoms with Gasteiger partial charge in [0, 0.05) is 18.6 Å². The van der Waals surface area contributed by atoms with Gasteiger partial charge < -0.3 is 19.7 Å². The van der Waals surface area contributed by atoms with Crippen molar-refractivity contribution in [3.05, 3.63) is 11.8 Å². The van der Waals surface area contributed by atoms with Crippen LogP contribution in [0.25, 0.3) is 0 Å². The van der Waals surface area contributed by atoms with Gasteiger partial charge in [-0.1, -0.05) is 13.8 Å². The molecule has 1 amide bonds. The van der Waals surface area contributed by atoms with E-state index in [1.54, 1.807) is 25.7 Å². The molecular weight excluding hydrogens is 401 g/mol. The van der Waals surface area contributed by atoms with Crippen molar-refractivity contribution in [2.45, 2.75) is 84.5 Å². The lowest BCUT2D eigenvalue weighted by Gasteiger charge is -2.46. The number of ether oxygens (including phenoxy) is 2. The van der Waals surface area contributed by atoms with Gasteiger partial charge in [0.05, 0.1) is 12.7 Å². The van der Waals surface area contributed by atoms with Crippen molar-refractivity contribution < 1.29 is 32.2 Å². The maximum atomic E-state index is 13.6. The fourth-order valence-electron chi connectivity index (χ4n) is 3.81. The van der Waals surface area contributed by atoms with E-state index in [2.05, 4.69) is 10.1 Å². The minimum Gasteiger partial charge on any atom is -0.463 e. The predicted molar refractivity (Wildman–Crippen MR) is 108 cm³/mol. The van der Waals surface area contributed by atoms with Crippen LogP contribution < -0.4 is 5.32 Å². The molecule has 1 heterocycles. The minimum absolute atomic E-state index is 0.00368. The molecule has 174 valence electrons. The molecule has 0 atom stereocenters. The first-order valence-electron chi connectivity index (χ1n) is 10.5. The second kappa shape index (κ2) is 10.4. The molecule has 1 N–H and O–H groups in total. The third-order valence-electron chi connectivity index (χ3n) is 5.43. The molecule has 0 unspecified atom stereocenters. The summed E-state index contributed by atoms with van der Waals surface area (Å²) in [6, 6.07) is 0. The Hall–Kier alpha value is -1.93. The molecule has 0 aromatic heterocycles. The summed E-state index contributed by atoms with van der Waals surface area (Å²) in [6.07, 6.45) is -2.67. The second-order valence-corrected chi connectivity index (χ2v) is 8.54. The van der Waals surface area contributed by atoms with E-state index in [1.165, 1.54) is 6.92 Å². The number of alkyl halides is 3. The second-order valence-electron chi connectivity index (χ2n) is 8.54. The van der Waals surface area contributed by atoms with Gasteiger partial charge >= 0.3 is 18.2 Å². The van der Waals surface area contributed by atoms with E-state index in [0.717, 1.165) is 0 Å². The Kier molecular flexibility index (Phi) is 9.05. The van der Waals surface area contributed by atoms with E-state index in [-0.39, 0.29) is 12.5 Å². The van der Waals surface area contributed by atoms with Gasteiger partial charge in [-0.25, -0.2) is 9.59 Å².